The lowest BCUT2D eigenvalue weighted by atomic mass is 10.3. The minimum Gasteiger partial charge on any atom is -0.379 e. The summed E-state index contributed by atoms with van der Waals surface area (Å²) in [6.07, 6.45) is 1.39. The van der Waals surface area contributed by atoms with Crippen molar-refractivity contribution in [2.24, 2.45) is 0 Å². The van der Waals surface area contributed by atoms with E-state index in [2.05, 4.69) is 20.3 Å². The van der Waals surface area contributed by atoms with Gasteiger partial charge < -0.3 is 10.1 Å². The summed E-state index contributed by atoms with van der Waals surface area (Å²) in [6.45, 7) is 1.36. The van der Waals surface area contributed by atoms with E-state index in [9.17, 15) is 13.2 Å². The Labute approximate surface area is 214 Å². The van der Waals surface area contributed by atoms with Crippen LogP contribution in [0, 0.1) is 5.41 Å². The predicted octanol–water partition coefficient (Wildman–Crippen LogP) is 2.66. The maximum Gasteiger partial charge on any atom is 0.333 e. The maximum atomic E-state index is 12.8. The molecule has 0 atom stereocenters. The van der Waals surface area contributed by atoms with Crippen molar-refractivity contribution in [3.63, 3.8) is 0 Å². The molecule has 0 amide bonds. The molecular formula is C22H19Cl2N7O4S. The fourth-order valence-electron chi connectivity index (χ4n) is 3.78. The van der Waals surface area contributed by atoms with Crippen molar-refractivity contribution >= 4 is 55.9 Å². The Morgan fingerprint density at radius 3 is 2.39 bits per heavy atom. The number of sulfonamides is 1. The first-order valence-electron chi connectivity index (χ1n) is 10.7. The summed E-state index contributed by atoms with van der Waals surface area (Å²) in [4.78, 5) is 24.1. The van der Waals surface area contributed by atoms with Gasteiger partial charge in [-0.3, -0.25) is 10.4 Å². The summed E-state index contributed by atoms with van der Waals surface area (Å²) in [5.41, 5.74) is 0.0205. The Kier molecular flexibility index (Phi) is 6.53. The van der Waals surface area contributed by atoms with Gasteiger partial charge in [-0.05, 0) is 36.4 Å². The van der Waals surface area contributed by atoms with Gasteiger partial charge >= 0.3 is 5.69 Å². The molecule has 1 saturated heterocycles. The number of aromatic nitrogens is 4. The molecule has 2 aromatic heterocycles. The van der Waals surface area contributed by atoms with Gasteiger partial charge in [-0.1, -0.05) is 29.3 Å². The highest BCUT2D eigenvalue weighted by atomic mass is 35.5. The van der Waals surface area contributed by atoms with Gasteiger partial charge in [-0.2, -0.15) is 9.29 Å². The normalized spacial score (nSPS) is 14.7. The van der Waals surface area contributed by atoms with Crippen LogP contribution < -0.4 is 16.5 Å². The molecule has 1 aliphatic rings. The minimum absolute atomic E-state index is 0.133. The number of rotatable bonds is 5. The minimum atomic E-state index is -3.61. The second kappa shape index (κ2) is 9.64. The molecule has 36 heavy (non-hydrogen) atoms. The number of benzene rings is 2. The predicted molar refractivity (Wildman–Crippen MR) is 135 cm³/mol. The van der Waals surface area contributed by atoms with Gasteiger partial charge in [0.25, 0.3) is 0 Å². The Hall–Kier alpha value is -3.29. The van der Waals surface area contributed by atoms with Crippen LogP contribution in [0.5, 0.6) is 0 Å². The average molecular weight is 548 g/mol. The van der Waals surface area contributed by atoms with Crippen molar-refractivity contribution in [3.8, 4) is 5.69 Å². The molecule has 3 heterocycles. The van der Waals surface area contributed by atoms with Crippen molar-refractivity contribution in [3.05, 3.63) is 74.7 Å². The second-order valence-corrected chi connectivity index (χ2v) is 10.6. The van der Waals surface area contributed by atoms with Gasteiger partial charge in [-0.25, -0.2) is 22.8 Å². The quantitative estimate of drug-likeness (QED) is 0.348. The summed E-state index contributed by atoms with van der Waals surface area (Å²) in [5, 5.41) is 12.2. The topological polar surface area (TPSA) is 146 Å². The number of aromatic amines is 1. The van der Waals surface area contributed by atoms with Gasteiger partial charge in [0.2, 0.25) is 16.0 Å². The van der Waals surface area contributed by atoms with Crippen LogP contribution >= 0.6 is 23.2 Å². The molecule has 186 valence electrons. The third-order valence-electron chi connectivity index (χ3n) is 5.58. The lowest BCUT2D eigenvalue weighted by Gasteiger charge is -2.26. The van der Waals surface area contributed by atoms with E-state index in [1.54, 1.807) is 30.3 Å². The highest BCUT2D eigenvalue weighted by molar-refractivity contribution is 7.89. The number of anilines is 2. The van der Waals surface area contributed by atoms with Crippen LogP contribution in [-0.4, -0.2) is 58.5 Å². The summed E-state index contributed by atoms with van der Waals surface area (Å²) >= 11 is 12.5. The number of hydrogen-bond acceptors (Lipinski definition) is 8. The van der Waals surface area contributed by atoms with Crippen LogP contribution in [0.3, 0.4) is 0 Å². The Morgan fingerprint density at radius 1 is 1.06 bits per heavy atom. The van der Waals surface area contributed by atoms with Gasteiger partial charge in [0.1, 0.15) is 5.49 Å². The van der Waals surface area contributed by atoms with Crippen LogP contribution in [0.4, 0.5) is 11.6 Å². The molecule has 14 heteroatoms. The number of H-pyrrole nitrogens is 1. The van der Waals surface area contributed by atoms with E-state index < -0.39 is 15.7 Å². The van der Waals surface area contributed by atoms with E-state index >= 15 is 0 Å². The zero-order valence-electron chi connectivity index (χ0n) is 18.5. The largest absolute Gasteiger partial charge is 0.379 e. The Bertz CT molecular complexity index is 1660. The van der Waals surface area contributed by atoms with E-state index in [0.29, 0.717) is 32.0 Å². The van der Waals surface area contributed by atoms with Crippen LogP contribution in [0.1, 0.15) is 0 Å². The number of morpholine rings is 1. The van der Waals surface area contributed by atoms with E-state index in [4.69, 9.17) is 33.3 Å². The lowest BCUT2D eigenvalue weighted by molar-refractivity contribution is 0.0730. The average Bonchev–Trinajstić information content (AvgIpc) is 2.86. The van der Waals surface area contributed by atoms with Crippen LogP contribution in [0.15, 0.2) is 58.4 Å². The molecule has 0 aliphatic carbocycles. The monoisotopic (exact) mass is 547 g/mol. The van der Waals surface area contributed by atoms with Gasteiger partial charge in [0.15, 0.2) is 5.65 Å². The summed E-state index contributed by atoms with van der Waals surface area (Å²) < 4.78 is 33.3. The molecule has 2 aromatic carbocycles. The number of hydrogen-bond donors (Lipinski definition) is 3. The number of halogens is 2. The molecule has 11 nitrogen and oxygen atoms in total. The zero-order valence-corrected chi connectivity index (χ0v) is 20.9. The Balaban J connectivity index is 1.44. The molecule has 0 bridgehead atoms. The highest BCUT2D eigenvalue weighted by Crippen LogP contribution is 2.26. The summed E-state index contributed by atoms with van der Waals surface area (Å²) in [5.74, 6) is 0.148. The number of nitrogens with zero attached hydrogens (tertiary/aromatic N) is 4. The van der Waals surface area contributed by atoms with Gasteiger partial charge in [0, 0.05) is 25.0 Å². The highest BCUT2D eigenvalue weighted by Gasteiger charge is 2.26. The first-order valence-corrected chi connectivity index (χ1v) is 12.9. The SMILES string of the molecule is N=c1c2cnc(Nc3ccc(S(=O)(=O)N4CCOCC4)cc3)nc2[nH]c(=O)n1-c1c(Cl)cccc1Cl. The number of fused-ring (bicyclic) bond motifs is 1. The fourth-order valence-corrected chi connectivity index (χ4v) is 5.76. The summed E-state index contributed by atoms with van der Waals surface area (Å²) in [7, 11) is -3.61. The zero-order chi connectivity index (χ0) is 25.4. The Morgan fingerprint density at radius 2 is 1.72 bits per heavy atom. The van der Waals surface area contributed by atoms with Crippen molar-refractivity contribution in [1.82, 2.24) is 23.8 Å². The second-order valence-electron chi connectivity index (χ2n) is 7.81. The van der Waals surface area contributed by atoms with Gasteiger partial charge in [0.05, 0.1) is 39.2 Å². The smallest absolute Gasteiger partial charge is 0.333 e. The molecule has 0 unspecified atom stereocenters. The lowest BCUT2D eigenvalue weighted by Crippen LogP contribution is -2.40. The number of para-hydroxylation sites is 1. The van der Waals surface area contributed by atoms with Crippen molar-refractivity contribution < 1.29 is 13.2 Å². The third-order valence-corrected chi connectivity index (χ3v) is 8.10. The molecule has 0 radical (unpaired) electrons. The standard InChI is InChI=1S/C22H19Cl2N7O4S/c23-16-2-1-3-17(24)18(16)31-19(25)15-12-26-21(28-20(15)29-22(31)32)27-13-4-6-14(7-5-13)36(33,34)30-8-10-35-11-9-30/h1-7,12,25H,8-11H2,(H2,26,27,28,29,32). The van der Waals surface area contributed by atoms with Crippen molar-refractivity contribution in [1.29, 1.82) is 5.41 Å². The first-order chi connectivity index (χ1) is 17.3. The molecule has 3 N–H and O–H groups in total. The van der Waals surface area contributed by atoms with E-state index in [-0.39, 0.29) is 43.1 Å². The number of nitrogens with one attached hydrogen (secondary N) is 3. The van der Waals surface area contributed by atoms with E-state index in [0.717, 1.165) is 4.57 Å². The molecule has 1 aliphatic heterocycles. The molecule has 5 rings (SSSR count). The van der Waals surface area contributed by atoms with Crippen molar-refractivity contribution in [2.45, 2.75) is 4.90 Å². The van der Waals surface area contributed by atoms with Crippen LogP contribution in [-0.2, 0) is 14.8 Å². The molecule has 0 saturated carbocycles. The van der Waals surface area contributed by atoms with E-state index in [1.165, 1.54) is 22.6 Å². The van der Waals surface area contributed by atoms with Crippen molar-refractivity contribution in [2.75, 3.05) is 31.6 Å². The third kappa shape index (κ3) is 4.49. The first kappa shape index (κ1) is 24.4. The summed E-state index contributed by atoms with van der Waals surface area (Å²) in [6, 6.07) is 11.0. The molecule has 4 aromatic rings. The number of ether oxygens (including phenoxy) is 1. The van der Waals surface area contributed by atoms with Crippen LogP contribution in [0.25, 0.3) is 16.7 Å². The molecule has 1 fully saturated rings. The maximum absolute atomic E-state index is 12.8. The van der Waals surface area contributed by atoms with E-state index in [1.807, 2.05) is 0 Å². The van der Waals surface area contributed by atoms with Gasteiger partial charge in [-0.15, -0.1) is 0 Å². The fraction of sp³-hybridized carbons (Fsp3) is 0.182. The van der Waals surface area contributed by atoms with Crippen LogP contribution in [0.2, 0.25) is 10.0 Å². The molecule has 0 spiro atoms. The molecular weight excluding hydrogens is 529 g/mol.